The monoisotopic (exact) mass is 406 g/mol. The number of methoxy groups -OCH3 is 1. The number of hydrogen-bond donors (Lipinski definition) is 0. The molecule has 5 nitrogen and oxygen atoms in total. The molecule has 0 unspecified atom stereocenters. The normalized spacial score (nSPS) is 16.3. The van der Waals surface area contributed by atoms with Crippen LogP contribution in [-0.2, 0) is 4.79 Å². The largest absolute Gasteiger partial charge is 0.493 e. The minimum Gasteiger partial charge on any atom is -0.493 e. The molecule has 2 aromatic carbocycles. The average Bonchev–Trinajstić information content (AvgIpc) is 3.02. The van der Waals surface area contributed by atoms with Crippen molar-refractivity contribution >= 4 is 34.6 Å². The molecule has 0 spiro atoms. The number of carbonyl (C=O) groups excluding carboxylic acids is 1. The van der Waals surface area contributed by atoms with Crippen molar-refractivity contribution in [3.05, 3.63) is 58.5 Å². The van der Waals surface area contributed by atoms with Crippen LogP contribution >= 0.6 is 11.8 Å². The van der Waals surface area contributed by atoms with Crippen molar-refractivity contribution in [3.63, 3.8) is 0 Å². The number of rotatable bonds is 6. The van der Waals surface area contributed by atoms with Gasteiger partial charge in [-0.2, -0.15) is 0 Å². The van der Waals surface area contributed by atoms with E-state index in [2.05, 4.69) is 5.92 Å². The maximum absolute atomic E-state index is 13.0. The highest BCUT2D eigenvalue weighted by atomic mass is 32.2. The van der Waals surface area contributed by atoms with Gasteiger partial charge in [-0.25, -0.2) is 4.99 Å². The lowest BCUT2D eigenvalue weighted by atomic mass is 10.1. The molecule has 0 N–H and O–H groups in total. The summed E-state index contributed by atoms with van der Waals surface area (Å²) in [4.78, 5) is 19.9. The van der Waals surface area contributed by atoms with Crippen LogP contribution in [0.1, 0.15) is 18.1 Å². The molecule has 0 atom stereocenters. The molecule has 1 aliphatic heterocycles. The van der Waals surface area contributed by atoms with Gasteiger partial charge in [-0.15, -0.1) is 6.42 Å². The van der Waals surface area contributed by atoms with Gasteiger partial charge in [0, 0.05) is 12.1 Å². The minimum atomic E-state index is -0.0875. The molecule has 0 aromatic heterocycles. The molecule has 1 saturated heterocycles. The summed E-state index contributed by atoms with van der Waals surface area (Å²) in [7, 11) is 1.57. The Bertz CT molecular complexity index is 1020. The third-order valence-electron chi connectivity index (χ3n) is 4.35. The quantitative estimate of drug-likeness (QED) is 0.518. The van der Waals surface area contributed by atoms with E-state index in [9.17, 15) is 4.79 Å². The van der Waals surface area contributed by atoms with E-state index in [1.165, 1.54) is 11.8 Å². The van der Waals surface area contributed by atoms with Crippen molar-refractivity contribution < 1.29 is 14.3 Å². The van der Waals surface area contributed by atoms with E-state index >= 15 is 0 Å². The zero-order valence-corrected chi connectivity index (χ0v) is 17.5. The number of likely N-dealkylation sites (N-methyl/N-ethyl adjacent to an activating group) is 1. The molecule has 1 aliphatic rings. The van der Waals surface area contributed by atoms with Crippen LogP contribution in [0, 0.1) is 19.3 Å². The molecule has 3 rings (SSSR count). The van der Waals surface area contributed by atoms with Gasteiger partial charge >= 0.3 is 0 Å². The summed E-state index contributed by atoms with van der Waals surface area (Å²) in [6.07, 6.45) is 7.13. The third-order valence-corrected chi connectivity index (χ3v) is 5.36. The van der Waals surface area contributed by atoms with E-state index in [1.807, 2.05) is 50.2 Å². The first-order chi connectivity index (χ1) is 14.1. The molecular weight excluding hydrogens is 384 g/mol. The molecule has 1 heterocycles. The number of thioether (sulfide) groups is 1. The second-order valence-corrected chi connectivity index (χ2v) is 7.22. The fourth-order valence-electron chi connectivity index (χ4n) is 2.88. The maximum Gasteiger partial charge on any atom is 0.266 e. The highest BCUT2D eigenvalue weighted by Gasteiger charge is 2.32. The molecule has 0 aliphatic carbocycles. The first-order valence-electron chi connectivity index (χ1n) is 9.18. The van der Waals surface area contributed by atoms with Gasteiger partial charge in [0.05, 0.1) is 17.7 Å². The number of para-hydroxylation sites is 2. The van der Waals surface area contributed by atoms with Crippen molar-refractivity contribution in [3.8, 4) is 23.8 Å². The Balaban J connectivity index is 2.00. The molecule has 148 valence electrons. The summed E-state index contributed by atoms with van der Waals surface area (Å²) in [6, 6.07) is 13.3. The zero-order valence-electron chi connectivity index (χ0n) is 16.6. The van der Waals surface area contributed by atoms with E-state index in [-0.39, 0.29) is 12.5 Å². The lowest BCUT2D eigenvalue weighted by molar-refractivity contribution is -0.122. The Morgan fingerprint density at radius 3 is 2.72 bits per heavy atom. The summed E-state index contributed by atoms with van der Waals surface area (Å²) >= 11 is 1.35. The van der Waals surface area contributed by atoms with Crippen LogP contribution in [0.25, 0.3) is 6.08 Å². The smallest absolute Gasteiger partial charge is 0.266 e. The summed E-state index contributed by atoms with van der Waals surface area (Å²) < 4.78 is 11.1. The van der Waals surface area contributed by atoms with Gasteiger partial charge < -0.3 is 9.47 Å². The van der Waals surface area contributed by atoms with Crippen LogP contribution in [0.15, 0.2) is 52.4 Å². The number of hydrogen-bond acceptors (Lipinski definition) is 5. The van der Waals surface area contributed by atoms with Crippen LogP contribution < -0.4 is 9.47 Å². The first kappa shape index (κ1) is 20.6. The summed E-state index contributed by atoms with van der Waals surface area (Å²) in [5.41, 5.74) is 2.63. The van der Waals surface area contributed by atoms with Crippen molar-refractivity contribution in [1.29, 1.82) is 0 Å². The number of nitrogens with zero attached hydrogens (tertiary/aromatic N) is 2. The molecule has 1 fully saturated rings. The molecule has 6 heteroatoms. The molecular formula is C23H22N2O3S. The zero-order chi connectivity index (χ0) is 20.8. The highest BCUT2D eigenvalue weighted by molar-refractivity contribution is 8.18. The Labute approximate surface area is 175 Å². The number of carbonyl (C=O) groups is 1. The van der Waals surface area contributed by atoms with Gasteiger partial charge in [0.25, 0.3) is 5.91 Å². The Hall–Kier alpha value is -3.17. The maximum atomic E-state index is 13.0. The average molecular weight is 407 g/mol. The number of amides is 1. The van der Waals surface area contributed by atoms with E-state index < -0.39 is 0 Å². The second-order valence-electron chi connectivity index (χ2n) is 6.21. The Morgan fingerprint density at radius 1 is 1.24 bits per heavy atom. The van der Waals surface area contributed by atoms with E-state index in [0.717, 1.165) is 16.8 Å². The van der Waals surface area contributed by atoms with Gasteiger partial charge in [0.1, 0.15) is 6.61 Å². The summed E-state index contributed by atoms with van der Waals surface area (Å²) in [5, 5.41) is 0.659. The molecule has 0 radical (unpaired) electrons. The van der Waals surface area contributed by atoms with Crippen molar-refractivity contribution in [2.45, 2.75) is 13.8 Å². The van der Waals surface area contributed by atoms with E-state index in [0.29, 0.717) is 28.1 Å². The van der Waals surface area contributed by atoms with Crippen LogP contribution in [0.5, 0.6) is 11.5 Å². The molecule has 1 amide bonds. The van der Waals surface area contributed by atoms with Crippen LogP contribution in [0.2, 0.25) is 0 Å². The lowest BCUT2D eigenvalue weighted by Gasteiger charge is -2.13. The number of terminal acetylenes is 1. The molecule has 2 aromatic rings. The van der Waals surface area contributed by atoms with E-state index in [4.69, 9.17) is 20.9 Å². The molecule has 0 bridgehead atoms. The van der Waals surface area contributed by atoms with Gasteiger partial charge in [-0.3, -0.25) is 9.69 Å². The van der Waals surface area contributed by atoms with Gasteiger partial charge in [0.2, 0.25) is 0 Å². The third kappa shape index (κ3) is 4.47. The SMILES string of the molecule is C#CCOc1c(/C=C2\SC(=Nc3ccccc3C)N(CC)C2=O)cccc1OC. The number of ether oxygens (including phenoxy) is 2. The Kier molecular flexibility index (Phi) is 6.63. The topological polar surface area (TPSA) is 51.1 Å². The molecule has 0 saturated carbocycles. The first-order valence-corrected chi connectivity index (χ1v) is 9.99. The fourth-order valence-corrected chi connectivity index (χ4v) is 3.93. The van der Waals surface area contributed by atoms with Crippen molar-refractivity contribution in [2.75, 3.05) is 20.3 Å². The van der Waals surface area contributed by atoms with Gasteiger partial charge in [-0.1, -0.05) is 36.3 Å². The standard InChI is InChI=1S/C23H22N2O3S/c1-5-14-28-21-17(11-9-13-19(21)27-4)15-20-22(26)25(6-2)23(29-20)24-18-12-8-7-10-16(18)3/h1,7-13,15H,6,14H2,2-4H3/b20-15-,24-23?. The van der Waals surface area contributed by atoms with Gasteiger partial charge in [-0.05, 0) is 49.4 Å². The number of aryl methyl sites for hydroxylation is 1. The second kappa shape index (κ2) is 9.35. The van der Waals surface area contributed by atoms with Crippen LogP contribution in [0.3, 0.4) is 0 Å². The van der Waals surface area contributed by atoms with E-state index in [1.54, 1.807) is 24.2 Å². The predicted molar refractivity (Wildman–Crippen MR) is 119 cm³/mol. The number of aliphatic imine (C=N–C) groups is 1. The fraction of sp³-hybridized carbons (Fsp3) is 0.217. The van der Waals surface area contributed by atoms with Gasteiger partial charge in [0.15, 0.2) is 16.7 Å². The van der Waals surface area contributed by atoms with Crippen molar-refractivity contribution in [2.24, 2.45) is 4.99 Å². The molecule has 29 heavy (non-hydrogen) atoms. The van der Waals surface area contributed by atoms with Crippen LogP contribution in [0.4, 0.5) is 5.69 Å². The summed E-state index contributed by atoms with van der Waals surface area (Å²) in [6.45, 7) is 4.58. The van der Waals surface area contributed by atoms with Crippen LogP contribution in [-0.4, -0.2) is 36.2 Å². The highest BCUT2D eigenvalue weighted by Crippen LogP contribution is 2.38. The minimum absolute atomic E-state index is 0.0875. The summed E-state index contributed by atoms with van der Waals surface area (Å²) in [5.74, 6) is 3.44. The van der Waals surface area contributed by atoms with Crippen molar-refractivity contribution in [1.82, 2.24) is 4.90 Å². The lowest BCUT2D eigenvalue weighted by Crippen LogP contribution is -2.28. The number of amidine groups is 1. The Morgan fingerprint density at radius 2 is 2.03 bits per heavy atom. The number of benzene rings is 2. The predicted octanol–water partition coefficient (Wildman–Crippen LogP) is 4.64.